The largest absolute Gasteiger partial charge is 0.416 e. The summed E-state index contributed by atoms with van der Waals surface area (Å²) in [5, 5.41) is 0. The van der Waals surface area contributed by atoms with Crippen LogP contribution in [0.3, 0.4) is 0 Å². The lowest BCUT2D eigenvalue weighted by Crippen LogP contribution is -2.59. The van der Waals surface area contributed by atoms with Gasteiger partial charge in [0.25, 0.3) is 0 Å². The molecular weight excluding hydrogens is 556 g/mol. The van der Waals surface area contributed by atoms with Crippen LogP contribution in [0.15, 0.2) is 97.2 Å². The number of ether oxygens (including phenoxy) is 4. The smallest absolute Gasteiger partial charge is 0.293 e. The van der Waals surface area contributed by atoms with E-state index in [1.165, 1.54) is 22.3 Å². The lowest BCUT2D eigenvalue weighted by atomic mass is 9.97. The fourth-order valence-electron chi connectivity index (χ4n) is 4.64. The Morgan fingerprint density at radius 1 is 0.400 bits per heavy atom. The van der Waals surface area contributed by atoms with Crippen LogP contribution in [0, 0.1) is 0 Å². The van der Waals surface area contributed by atoms with E-state index >= 15 is 0 Å². The summed E-state index contributed by atoms with van der Waals surface area (Å²) in [6.07, 6.45) is 19.8. The molecule has 0 aromatic heterocycles. The fourth-order valence-corrected chi connectivity index (χ4v) is 4.64. The molecule has 0 aromatic carbocycles. The molecule has 4 unspecified atom stereocenters. The average molecular weight is 625 g/mol. The van der Waals surface area contributed by atoms with Crippen molar-refractivity contribution in [2.24, 2.45) is 0 Å². The summed E-state index contributed by atoms with van der Waals surface area (Å²) >= 11 is 0. The van der Waals surface area contributed by atoms with Gasteiger partial charge in [-0.05, 0) is 134 Å². The van der Waals surface area contributed by atoms with E-state index in [0.29, 0.717) is 25.7 Å². The van der Waals surface area contributed by atoms with Gasteiger partial charge in [0.15, 0.2) is 0 Å². The minimum absolute atomic E-state index is 0.646. The van der Waals surface area contributed by atoms with Crippen LogP contribution < -0.4 is 0 Å². The van der Waals surface area contributed by atoms with Gasteiger partial charge in [-0.2, -0.15) is 0 Å². The van der Waals surface area contributed by atoms with Crippen LogP contribution in [0.5, 0.6) is 0 Å². The second-order valence-electron chi connectivity index (χ2n) is 14.3. The Balaban J connectivity index is 7.39. The molecule has 0 fully saturated rings. The summed E-state index contributed by atoms with van der Waals surface area (Å²) in [4.78, 5) is 0. The van der Waals surface area contributed by atoms with Crippen LogP contribution in [0.4, 0.5) is 0 Å². The number of allylic oxidation sites excluding steroid dienone is 8. The fraction of sp³-hybridized carbons (Fsp3) is 0.610. The van der Waals surface area contributed by atoms with Gasteiger partial charge in [0.05, 0.1) is 22.4 Å². The quantitative estimate of drug-likeness (QED) is 0.0791. The molecule has 256 valence electrons. The first-order chi connectivity index (χ1) is 20.7. The van der Waals surface area contributed by atoms with Crippen molar-refractivity contribution in [3.63, 3.8) is 0 Å². The molecule has 0 aliphatic carbocycles. The van der Waals surface area contributed by atoms with Gasteiger partial charge < -0.3 is 0 Å². The van der Waals surface area contributed by atoms with Crippen molar-refractivity contribution in [3.8, 4) is 0 Å². The van der Waals surface area contributed by atoms with Crippen LogP contribution in [0.25, 0.3) is 0 Å². The maximum atomic E-state index is 7.03. The van der Waals surface area contributed by atoms with Gasteiger partial charge in [-0.3, -0.25) is 18.9 Å². The Morgan fingerprint density at radius 3 is 0.711 bits per heavy atom. The summed E-state index contributed by atoms with van der Waals surface area (Å²) in [5.41, 5.74) is 1.52. The van der Waals surface area contributed by atoms with Crippen LogP contribution in [-0.4, -0.2) is 28.6 Å². The topological polar surface area (TPSA) is 36.9 Å². The van der Waals surface area contributed by atoms with Gasteiger partial charge in [0, 0.05) is 0 Å². The first-order valence-corrected chi connectivity index (χ1v) is 16.6. The Bertz CT molecular complexity index is 901. The highest BCUT2D eigenvalue weighted by Crippen LogP contribution is 2.42. The first-order valence-electron chi connectivity index (χ1n) is 16.6. The molecule has 0 spiro atoms. The van der Waals surface area contributed by atoms with Crippen molar-refractivity contribution >= 4 is 0 Å². The van der Waals surface area contributed by atoms with E-state index in [2.05, 4.69) is 106 Å². The Labute approximate surface area is 278 Å². The molecule has 0 aliphatic heterocycles. The molecular formula is C41H68O4. The minimum atomic E-state index is -1.97. The molecule has 0 bridgehead atoms. The highest BCUT2D eigenvalue weighted by atomic mass is 17.0. The predicted molar refractivity (Wildman–Crippen MR) is 196 cm³/mol. The summed E-state index contributed by atoms with van der Waals surface area (Å²) in [5.74, 6) is 0. The third-order valence-corrected chi connectivity index (χ3v) is 7.93. The molecule has 0 heterocycles. The van der Waals surface area contributed by atoms with E-state index < -0.39 is 28.6 Å². The lowest BCUT2D eigenvalue weighted by molar-refractivity contribution is -0.556. The zero-order valence-electron chi connectivity index (χ0n) is 31.2. The Kier molecular flexibility index (Phi) is 18.5. The van der Waals surface area contributed by atoms with Gasteiger partial charge in [-0.25, -0.2) is 0 Å². The van der Waals surface area contributed by atoms with Crippen molar-refractivity contribution in [3.05, 3.63) is 97.2 Å². The minimum Gasteiger partial charge on any atom is -0.293 e. The highest BCUT2D eigenvalue weighted by molar-refractivity contribution is 5.05. The maximum absolute atomic E-state index is 7.03. The zero-order valence-corrected chi connectivity index (χ0v) is 31.2. The van der Waals surface area contributed by atoms with Crippen LogP contribution in [-0.2, 0) is 18.9 Å². The molecule has 0 aromatic rings. The number of hydrogen-bond donors (Lipinski definition) is 0. The van der Waals surface area contributed by atoms with Crippen LogP contribution in [0.2, 0.25) is 0 Å². The molecule has 0 rings (SSSR count). The normalized spacial score (nSPS) is 17.9. The summed E-state index contributed by atoms with van der Waals surface area (Å²) < 4.78 is 28.1. The standard InChI is InChI=1S/C41H68O4/c1-17-37(13,29-21-25-33(5)6)42-41(43-38(14,18-2)30-22-26-34(7)8,44-39(15,19-3)31-23-27-35(9)10)45-40(16,20-4)32-24-28-36(11)12/h17-20,25-28H,1-4,21-24,29-32H2,5-16H3. The maximum Gasteiger partial charge on any atom is 0.416 e. The molecule has 4 nitrogen and oxygen atoms in total. The summed E-state index contributed by atoms with van der Waals surface area (Å²) in [6.45, 7) is 41.5. The number of rotatable bonds is 24. The zero-order chi connectivity index (χ0) is 35.0. The SMILES string of the molecule is C=CC(C)(CCC=C(C)C)OC(OC(C)(C=C)CCC=C(C)C)(OC(C)(C=C)CCC=C(C)C)OC(C)(C=C)CCC=C(C)C. The molecule has 0 amide bonds. The van der Waals surface area contributed by atoms with Crippen LogP contribution >= 0.6 is 0 Å². The molecule has 0 N–H and O–H groups in total. The monoisotopic (exact) mass is 625 g/mol. The van der Waals surface area contributed by atoms with E-state index in [1.54, 1.807) is 0 Å². The van der Waals surface area contributed by atoms with E-state index in [9.17, 15) is 0 Å². The van der Waals surface area contributed by atoms with E-state index in [4.69, 9.17) is 18.9 Å². The van der Waals surface area contributed by atoms with Gasteiger partial charge in [0.1, 0.15) is 0 Å². The number of hydrogen-bond acceptors (Lipinski definition) is 4. The molecule has 45 heavy (non-hydrogen) atoms. The second kappa shape index (κ2) is 19.4. The van der Waals surface area contributed by atoms with E-state index in [1.807, 2.05) is 52.0 Å². The highest BCUT2D eigenvalue weighted by Gasteiger charge is 2.53. The van der Waals surface area contributed by atoms with E-state index in [0.717, 1.165) is 25.7 Å². The third kappa shape index (κ3) is 17.3. The molecule has 0 saturated heterocycles. The molecule has 4 heteroatoms. The lowest BCUT2D eigenvalue weighted by Gasteiger charge is -2.49. The average Bonchev–Trinajstić information content (AvgIpc) is 2.92. The van der Waals surface area contributed by atoms with Gasteiger partial charge in [-0.1, -0.05) is 70.9 Å². The van der Waals surface area contributed by atoms with Gasteiger partial charge >= 0.3 is 6.16 Å². The van der Waals surface area contributed by atoms with Crippen molar-refractivity contribution in [2.45, 2.75) is 163 Å². The molecule has 0 aliphatic rings. The van der Waals surface area contributed by atoms with Crippen molar-refractivity contribution in [1.82, 2.24) is 0 Å². The molecule has 0 saturated carbocycles. The van der Waals surface area contributed by atoms with Crippen molar-refractivity contribution in [2.75, 3.05) is 0 Å². The predicted octanol–water partition coefficient (Wildman–Crippen LogP) is 12.4. The first kappa shape index (κ1) is 42.8. The van der Waals surface area contributed by atoms with Crippen molar-refractivity contribution in [1.29, 1.82) is 0 Å². The van der Waals surface area contributed by atoms with Crippen LogP contribution in [0.1, 0.15) is 134 Å². The van der Waals surface area contributed by atoms with Crippen molar-refractivity contribution < 1.29 is 18.9 Å². The molecule has 0 radical (unpaired) electrons. The molecule has 4 atom stereocenters. The van der Waals surface area contributed by atoms with Gasteiger partial charge in [0.2, 0.25) is 0 Å². The summed E-state index contributed by atoms with van der Waals surface area (Å²) in [6, 6.07) is 0. The second-order valence-corrected chi connectivity index (χ2v) is 14.3. The van der Waals surface area contributed by atoms with Gasteiger partial charge in [-0.15, -0.1) is 26.3 Å². The van der Waals surface area contributed by atoms with E-state index in [-0.39, 0.29) is 0 Å². The Hall–Kier alpha value is -2.24. The Morgan fingerprint density at radius 2 is 0.578 bits per heavy atom. The summed E-state index contributed by atoms with van der Waals surface area (Å²) in [7, 11) is 0. The third-order valence-electron chi connectivity index (χ3n) is 7.93.